The van der Waals surface area contributed by atoms with E-state index in [1.54, 1.807) is 42.8 Å². The number of rotatable bonds is 8. The van der Waals surface area contributed by atoms with Crippen LogP contribution in [0.2, 0.25) is 0 Å². The van der Waals surface area contributed by atoms with Crippen LogP contribution in [0.15, 0.2) is 69.9 Å². The van der Waals surface area contributed by atoms with E-state index in [4.69, 9.17) is 9.72 Å². The summed E-state index contributed by atoms with van der Waals surface area (Å²) in [5.74, 6) is -0.433. The molecule has 6 nitrogen and oxygen atoms in total. The van der Waals surface area contributed by atoms with Crippen LogP contribution in [0.3, 0.4) is 0 Å². The summed E-state index contributed by atoms with van der Waals surface area (Å²) in [4.78, 5) is 33.7. The number of fused-ring (bicyclic) bond motifs is 1. The second-order valence-corrected chi connectivity index (χ2v) is 9.75. The number of ether oxygens (including phenoxy) is 1. The van der Waals surface area contributed by atoms with E-state index in [0.717, 1.165) is 11.1 Å². The molecule has 9 heteroatoms. The van der Waals surface area contributed by atoms with Crippen molar-refractivity contribution in [1.29, 1.82) is 0 Å². The van der Waals surface area contributed by atoms with Crippen LogP contribution in [-0.4, -0.2) is 48.2 Å². The number of halogens is 1. The smallest absolute Gasteiger partial charge is 0.263 e. The predicted octanol–water partition coefficient (Wildman–Crippen LogP) is 4.83. The van der Waals surface area contributed by atoms with Crippen LogP contribution in [0.5, 0.6) is 0 Å². The van der Waals surface area contributed by atoms with Crippen molar-refractivity contribution in [3.05, 3.63) is 81.7 Å². The molecule has 4 rings (SSSR count). The van der Waals surface area contributed by atoms with Crippen LogP contribution < -0.4 is 5.56 Å². The van der Waals surface area contributed by atoms with E-state index in [0.29, 0.717) is 27.5 Å². The number of hydrogen-bond donors (Lipinski definition) is 0. The monoisotopic (exact) mass is 497 g/mol. The lowest BCUT2D eigenvalue weighted by molar-refractivity contribution is -0.128. The molecule has 0 saturated carbocycles. The minimum atomic E-state index is -0.564. The molecular formula is C25H24FN3O3S2. The lowest BCUT2D eigenvalue weighted by Gasteiger charge is -2.21. The number of thioether (sulfide) groups is 1. The number of hydrogen-bond acceptors (Lipinski definition) is 6. The molecule has 34 heavy (non-hydrogen) atoms. The molecule has 0 aliphatic rings. The van der Waals surface area contributed by atoms with Gasteiger partial charge in [-0.2, -0.15) is 0 Å². The van der Waals surface area contributed by atoms with Gasteiger partial charge in [0.1, 0.15) is 15.9 Å². The molecule has 2 aromatic heterocycles. The minimum absolute atomic E-state index is 0.0954. The molecule has 1 amide bonds. The molecule has 0 bridgehead atoms. The Morgan fingerprint density at radius 1 is 1.18 bits per heavy atom. The van der Waals surface area contributed by atoms with Gasteiger partial charge in [-0.1, -0.05) is 54.2 Å². The van der Waals surface area contributed by atoms with E-state index >= 15 is 0 Å². The number of carbonyl (C=O) groups is 1. The third kappa shape index (κ3) is 4.91. The maximum atomic E-state index is 13.7. The summed E-state index contributed by atoms with van der Waals surface area (Å²) in [6.45, 7) is 0.602. The molecule has 1 atom stereocenters. The summed E-state index contributed by atoms with van der Waals surface area (Å²) in [6.07, 6.45) is 0. The van der Waals surface area contributed by atoms with Gasteiger partial charge in [-0.25, -0.2) is 9.37 Å². The number of thiophene rings is 1. The number of aromatic nitrogens is 2. The lowest BCUT2D eigenvalue weighted by Crippen LogP contribution is -2.29. The van der Waals surface area contributed by atoms with E-state index in [1.165, 1.54) is 35.2 Å². The number of methoxy groups -OCH3 is 1. The molecule has 0 aliphatic heterocycles. The average molecular weight is 498 g/mol. The van der Waals surface area contributed by atoms with Crippen LogP contribution in [0.1, 0.15) is 10.8 Å². The summed E-state index contributed by atoms with van der Waals surface area (Å²) >= 11 is 2.61. The summed E-state index contributed by atoms with van der Waals surface area (Å²) in [7, 11) is 4.99. The quantitative estimate of drug-likeness (QED) is 0.258. The lowest BCUT2D eigenvalue weighted by atomic mass is 10.1. The van der Waals surface area contributed by atoms with Gasteiger partial charge in [0.05, 0.1) is 18.5 Å². The van der Waals surface area contributed by atoms with Gasteiger partial charge in [-0.15, -0.1) is 11.3 Å². The number of likely N-dealkylation sites (N-methyl/N-ethyl adjacent to an activating group) is 1. The van der Waals surface area contributed by atoms with Gasteiger partial charge in [0.2, 0.25) is 5.91 Å². The number of benzene rings is 2. The van der Waals surface area contributed by atoms with Gasteiger partial charge in [-0.05, 0) is 23.3 Å². The number of carbonyl (C=O) groups excluding carboxylic acids is 1. The molecule has 0 fully saturated rings. The van der Waals surface area contributed by atoms with E-state index < -0.39 is 5.25 Å². The average Bonchev–Trinajstić information content (AvgIpc) is 3.27. The van der Waals surface area contributed by atoms with Gasteiger partial charge in [0.25, 0.3) is 5.56 Å². The molecule has 0 radical (unpaired) electrons. The van der Waals surface area contributed by atoms with E-state index in [1.807, 2.05) is 35.7 Å². The first-order valence-corrected chi connectivity index (χ1v) is 12.4. The first-order valence-electron chi connectivity index (χ1n) is 10.6. The van der Waals surface area contributed by atoms with Crippen molar-refractivity contribution in [1.82, 2.24) is 14.5 Å². The molecule has 0 N–H and O–H groups in total. The highest BCUT2D eigenvalue weighted by molar-refractivity contribution is 8.00. The number of nitrogens with zero attached hydrogens (tertiary/aromatic N) is 3. The Morgan fingerprint density at radius 3 is 2.53 bits per heavy atom. The van der Waals surface area contributed by atoms with Crippen LogP contribution in [-0.2, 0) is 16.1 Å². The maximum Gasteiger partial charge on any atom is 0.263 e. The largest absolute Gasteiger partial charge is 0.383 e. The maximum absolute atomic E-state index is 13.7. The minimum Gasteiger partial charge on any atom is -0.383 e. The summed E-state index contributed by atoms with van der Waals surface area (Å²) in [5, 5.41) is 2.23. The summed E-state index contributed by atoms with van der Waals surface area (Å²) in [6, 6.07) is 15.5. The topological polar surface area (TPSA) is 64.4 Å². The van der Waals surface area contributed by atoms with Crippen molar-refractivity contribution >= 4 is 39.2 Å². The van der Waals surface area contributed by atoms with Crippen LogP contribution >= 0.6 is 23.1 Å². The van der Waals surface area contributed by atoms with E-state index in [9.17, 15) is 14.0 Å². The van der Waals surface area contributed by atoms with Gasteiger partial charge in [0.15, 0.2) is 5.16 Å². The number of amides is 1. The first-order chi connectivity index (χ1) is 16.4. The van der Waals surface area contributed by atoms with Crippen LogP contribution in [0, 0.1) is 5.82 Å². The Hall–Kier alpha value is -3.01. The summed E-state index contributed by atoms with van der Waals surface area (Å²) in [5.41, 5.74) is 2.07. The molecule has 0 aliphatic carbocycles. The van der Waals surface area contributed by atoms with Crippen molar-refractivity contribution in [2.75, 3.05) is 27.8 Å². The Bertz CT molecular complexity index is 1350. The fourth-order valence-electron chi connectivity index (χ4n) is 3.55. The van der Waals surface area contributed by atoms with Crippen molar-refractivity contribution < 1.29 is 13.9 Å². The fourth-order valence-corrected chi connectivity index (χ4v) is 5.80. The van der Waals surface area contributed by atoms with Crippen molar-refractivity contribution in [3.63, 3.8) is 0 Å². The Labute approximate surface area is 205 Å². The summed E-state index contributed by atoms with van der Waals surface area (Å²) < 4.78 is 20.2. The van der Waals surface area contributed by atoms with Gasteiger partial charge in [0, 0.05) is 32.1 Å². The van der Waals surface area contributed by atoms with Gasteiger partial charge in [-0.3, -0.25) is 14.2 Å². The van der Waals surface area contributed by atoms with E-state index in [-0.39, 0.29) is 23.8 Å². The Morgan fingerprint density at radius 2 is 1.88 bits per heavy atom. The van der Waals surface area contributed by atoms with E-state index in [2.05, 4.69) is 0 Å². The van der Waals surface area contributed by atoms with Crippen LogP contribution in [0.4, 0.5) is 4.39 Å². The zero-order valence-electron chi connectivity index (χ0n) is 19.0. The van der Waals surface area contributed by atoms with Crippen molar-refractivity contribution in [2.45, 2.75) is 17.0 Å². The second-order valence-electron chi connectivity index (χ2n) is 7.82. The predicted molar refractivity (Wildman–Crippen MR) is 135 cm³/mol. The molecular weight excluding hydrogens is 473 g/mol. The van der Waals surface area contributed by atoms with Crippen molar-refractivity contribution in [2.24, 2.45) is 0 Å². The first kappa shape index (κ1) is 24.1. The molecule has 2 heterocycles. The standard InChI is InChI=1S/C25H24FN3O3S2/c1-28(2)24(31)21(17-7-5-4-6-8-17)34-25-27-22-20(23(30)29(25)13-14-32-3)19(15-33-22)16-9-11-18(26)12-10-16/h4-12,15,21H,13-14H2,1-3H3. The highest BCUT2D eigenvalue weighted by atomic mass is 32.2. The third-order valence-corrected chi connectivity index (χ3v) is 7.43. The zero-order chi connectivity index (χ0) is 24.2. The highest BCUT2D eigenvalue weighted by Gasteiger charge is 2.27. The zero-order valence-corrected chi connectivity index (χ0v) is 20.7. The molecule has 1 unspecified atom stereocenters. The molecule has 2 aromatic carbocycles. The molecule has 176 valence electrons. The van der Waals surface area contributed by atoms with Gasteiger partial charge < -0.3 is 9.64 Å². The fraction of sp³-hybridized carbons (Fsp3) is 0.240. The Balaban J connectivity index is 1.85. The van der Waals surface area contributed by atoms with Gasteiger partial charge >= 0.3 is 0 Å². The normalized spacial score (nSPS) is 12.1. The highest BCUT2D eigenvalue weighted by Crippen LogP contribution is 2.38. The molecule has 0 saturated heterocycles. The second kappa shape index (κ2) is 10.5. The SMILES string of the molecule is COCCn1c(SC(C(=O)N(C)C)c2ccccc2)nc2scc(-c3ccc(F)cc3)c2c1=O. The molecule has 0 spiro atoms. The third-order valence-electron chi connectivity index (χ3n) is 5.32. The van der Waals surface area contributed by atoms with Crippen LogP contribution in [0.25, 0.3) is 21.3 Å². The van der Waals surface area contributed by atoms with Crippen molar-refractivity contribution in [3.8, 4) is 11.1 Å². The Kier molecular flexibility index (Phi) is 7.45. The molecule has 4 aromatic rings.